The van der Waals surface area contributed by atoms with Crippen molar-refractivity contribution >= 4 is 53.2 Å². The monoisotopic (exact) mass is 1070 g/mol. The molecule has 1 saturated heterocycles. The zero-order valence-corrected chi connectivity index (χ0v) is 47.5. The number of carbonyl (C=O) groups excluding carboxylic acids is 9. The summed E-state index contributed by atoms with van der Waals surface area (Å²) in [7, 11) is 8.81. The van der Waals surface area contributed by atoms with Crippen LogP contribution in [0.25, 0.3) is 0 Å². The quantitative estimate of drug-likeness (QED) is 0.0458. The number of nitrogens with zero attached hydrogens (tertiary/aromatic N) is 4. The molecule has 76 heavy (non-hydrogen) atoms. The van der Waals surface area contributed by atoms with E-state index in [9.17, 15) is 43.2 Å². The van der Waals surface area contributed by atoms with E-state index in [1.165, 1.54) is 57.1 Å². The van der Waals surface area contributed by atoms with Crippen molar-refractivity contribution in [3.05, 3.63) is 35.9 Å². The molecule has 21 nitrogen and oxygen atoms in total. The summed E-state index contributed by atoms with van der Waals surface area (Å²) in [4.78, 5) is 127. The smallest absolute Gasteiger partial charge is 0.328 e. The van der Waals surface area contributed by atoms with Crippen LogP contribution in [0.4, 0.5) is 0 Å². The Morgan fingerprint density at radius 2 is 1.42 bits per heavy atom. The molecule has 2 rings (SSSR count). The molecule has 1 aliphatic rings. The molecule has 10 atom stereocenters. The maximum atomic E-state index is 14.7. The van der Waals surface area contributed by atoms with Gasteiger partial charge < -0.3 is 59.8 Å². The third-order valence-electron chi connectivity index (χ3n) is 14.2. The van der Waals surface area contributed by atoms with Gasteiger partial charge in [-0.05, 0) is 49.0 Å². The van der Waals surface area contributed by atoms with Crippen LogP contribution in [-0.2, 0) is 68.5 Å². The number of methoxy groups -OCH3 is 4. The van der Waals surface area contributed by atoms with Gasteiger partial charge in [0.2, 0.25) is 41.4 Å². The van der Waals surface area contributed by atoms with E-state index in [4.69, 9.17) is 25.4 Å². The molecule has 0 aromatic heterocycles. The lowest BCUT2D eigenvalue weighted by atomic mass is 9.89. The lowest BCUT2D eigenvalue weighted by Gasteiger charge is -2.41. The second kappa shape index (κ2) is 33.1. The normalized spacial score (nSPS) is 16.8. The maximum Gasteiger partial charge on any atom is 0.328 e. The van der Waals surface area contributed by atoms with Crippen molar-refractivity contribution in [3.8, 4) is 12.3 Å². The molecular formula is C55H88N8O13. The van der Waals surface area contributed by atoms with E-state index in [-0.39, 0.29) is 63.0 Å². The van der Waals surface area contributed by atoms with Gasteiger partial charge in [-0.2, -0.15) is 0 Å². The van der Waals surface area contributed by atoms with Crippen molar-refractivity contribution in [3.63, 3.8) is 0 Å². The standard InChI is InChI=1S/C55H88N8O13/c1-16-36(7)49(42(74-13)33-46(67)63-28-21-24-41(63)50(75-14)37(8)51(68)58-40(55(72)76-15)32-39-22-19-18-20-23-39)61(11)54(71)47(34(3)4)59-52(69)48(35(5)6)60(10)53(70)38(9)57-44(65)26-30-62(45(66)17-2)29-25-43(64)56-27-31-73-12/h2,18-20,22-23,34-38,40-42,47-50H,16,21,24-33H2,1,3-15H3,(H,56,64)(H,57,65)(H,58,68)(H,59,69)/t36-,37+,38-,40?,41-,42+,47-,48-,49-,50+/m0/s1. The number of likely N-dealkylation sites (N-methyl/N-ethyl adjacent to an activating group) is 2. The summed E-state index contributed by atoms with van der Waals surface area (Å²) in [6, 6.07) is 3.98. The second-order valence-electron chi connectivity index (χ2n) is 20.3. The molecule has 1 heterocycles. The molecule has 1 aromatic carbocycles. The predicted octanol–water partition coefficient (Wildman–Crippen LogP) is 1.94. The number of hydrogen-bond acceptors (Lipinski definition) is 13. The number of ether oxygens (including phenoxy) is 4. The first kappa shape index (κ1) is 66.0. The molecule has 8 amide bonds. The molecular weight excluding hydrogens is 981 g/mol. The lowest BCUT2D eigenvalue weighted by molar-refractivity contribution is -0.149. The molecule has 4 N–H and O–H groups in total. The van der Waals surface area contributed by atoms with E-state index in [1.54, 1.807) is 46.6 Å². The number of benzene rings is 1. The van der Waals surface area contributed by atoms with Crippen molar-refractivity contribution in [1.82, 2.24) is 40.9 Å². The molecule has 1 fully saturated rings. The third-order valence-corrected chi connectivity index (χ3v) is 14.2. The van der Waals surface area contributed by atoms with Crippen LogP contribution in [0, 0.1) is 36.0 Å². The van der Waals surface area contributed by atoms with Crippen LogP contribution < -0.4 is 21.3 Å². The highest BCUT2D eigenvalue weighted by Crippen LogP contribution is 2.30. The summed E-state index contributed by atoms with van der Waals surface area (Å²) in [6.07, 6.45) is 5.50. The van der Waals surface area contributed by atoms with Crippen LogP contribution in [0.3, 0.4) is 0 Å². The minimum atomic E-state index is -1.09. The van der Waals surface area contributed by atoms with Crippen molar-refractivity contribution in [2.75, 3.05) is 75.3 Å². The maximum absolute atomic E-state index is 14.7. The Hall–Kier alpha value is -6.11. The Balaban J connectivity index is 2.24. The topological polar surface area (TPSA) is 252 Å². The minimum absolute atomic E-state index is 0.0315. The minimum Gasteiger partial charge on any atom is -0.467 e. The average molecular weight is 1070 g/mol. The summed E-state index contributed by atoms with van der Waals surface area (Å²) < 4.78 is 21.9. The average Bonchev–Trinajstić information content (AvgIpc) is 3.88. The zero-order valence-electron chi connectivity index (χ0n) is 47.5. The summed E-state index contributed by atoms with van der Waals surface area (Å²) in [5.74, 6) is -4.28. The van der Waals surface area contributed by atoms with Gasteiger partial charge in [-0.25, -0.2) is 4.79 Å². The van der Waals surface area contributed by atoms with Crippen LogP contribution in [0.1, 0.15) is 99.5 Å². The molecule has 21 heteroatoms. The number of amides is 8. The molecule has 1 aromatic rings. The Morgan fingerprint density at radius 1 is 0.789 bits per heavy atom. The Kier molecular flexibility index (Phi) is 28.8. The van der Waals surface area contributed by atoms with Crippen LogP contribution in [0.15, 0.2) is 30.3 Å². The van der Waals surface area contributed by atoms with Gasteiger partial charge in [-0.15, -0.1) is 6.42 Å². The fraction of sp³-hybridized carbons (Fsp3) is 0.691. The molecule has 0 radical (unpaired) electrons. The van der Waals surface area contributed by atoms with Gasteiger partial charge in [0.25, 0.3) is 5.91 Å². The summed E-state index contributed by atoms with van der Waals surface area (Å²) >= 11 is 0. The highest BCUT2D eigenvalue weighted by Gasteiger charge is 2.44. The van der Waals surface area contributed by atoms with E-state index in [0.29, 0.717) is 32.4 Å². The van der Waals surface area contributed by atoms with E-state index >= 15 is 0 Å². The predicted molar refractivity (Wildman–Crippen MR) is 286 cm³/mol. The van der Waals surface area contributed by atoms with Gasteiger partial charge in [0.05, 0.1) is 50.3 Å². The Bertz CT molecular complexity index is 2120. The summed E-state index contributed by atoms with van der Waals surface area (Å²) in [5, 5.41) is 11.0. The van der Waals surface area contributed by atoms with E-state index < -0.39 is 108 Å². The Labute approximate surface area is 450 Å². The first-order valence-electron chi connectivity index (χ1n) is 26.4. The first-order valence-corrected chi connectivity index (χ1v) is 26.4. The number of rotatable bonds is 32. The highest BCUT2D eigenvalue weighted by molar-refractivity contribution is 5.95. The van der Waals surface area contributed by atoms with Gasteiger partial charge in [0.15, 0.2) is 0 Å². The van der Waals surface area contributed by atoms with E-state index in [2.05, 4.69) is 21.3 Å². The largest absolute Gasteiger partial charge is 0.467 e. The first-order chi connectivity index (χ1) is 35.9. The number of carbonyl (C=O) groups is 9. The van der Waals surface area contributed by atoms with E-state index in [0.717, 1.165) is 5.56 Å². The molecule has 1 aliphatic heterocycles. The number of esters is 1. The second-order valence-corrected chi connectivity index (χ2v) is 20.3. The van der Waals surface area contributed by atoms with Gasteiger partial charge in [-0.3, -0.25) is 38.4 Å². The zero-order chi connectivity index (χ0) is 57.4. The lowest BCUT2D eigenvalue weighted by Crippen LogP contribution is -2.61. The van der Waals surface area contributed by atoms with Gasteiger partial charge in [0.1, 0.15) is 24.2 Å². The van der Waals surface area contributed by atoms with Gasteiger partial charge >= 0.3 is 5.97 Å². The van der Waals surface area contributed by atoms with Crippen LogP contribution in [0.5, 0.6) is 0 Å². The molecule has 426 valence electrons. The van der Waals surface area contributed by atoms with Crippen LogP contribution >= 0.6 is 0 Å². The van der Waals surface area contributed by atoms with E-state index in [1.807, 2.05) is 50.1 Å². The van der Waals surface area contributed by atoms with Crippen molar-refractivity contribution < 1.29 is 62.1 Å². The van der Waals surface area contributed by atoms with Crippen molar-refractivity contribution in [2.45, 2.75) is 149 Å². The molecule has 0 aliphatic carbocycles. The number of nitrogens with one attached hydrogen (secondary N) is 4. The fourth-order valence-corrected chi connectivity index (χ4v) is 9.77. The highest BCUT2D eigenvalue weighted by atomic mass is 16.5. The third kappa shape index (κ3) is 19.5. The Morgan fingerprint density at radius 3 is 1.96 bits per heavy atom. The molecule has 1 unspecified atom stereocenters. The van der Waals surface area contributed by atoms with Crippen molar-refractivity contribution in [1.29, 1.82) is 0 Å². The molecule has 0 bridgehead atoms. The van der Waals surface area contributed by atoms with Gasteiger partial charge in [0, 0.05) is 80.9 Å². The summed E-state index contributed by atoms with van der Waals surface area (Å²) in [6.45, 7) is 15.1. The van der Waals surface area contributed by atoms with Crippen molar-refractivity contribution in [2.24, 2.45) is 23.7 Å². The molecule has 0 saturated carbocycles. The number of likely N-dealkylation sites (tertiary alicyclic amines) is 1. The number of hydrogen-bond donors (Lipinski definition) is 4. The SMILES string of the molecule is C#CC(=O)N(CCC(=O)NCCOC)CCC(=O)N[C@@H](C)C(=O)N(C)[C@H](C(=O)N[C@H](C(=O)N(C)[C@@H]([C@@H](C)CC)[C@@H](CC(=O)N1CCC[C@H]1[C@H](OC)[C@@H](C)C(=O)NC(Cc1ccccc1)C(=O)OC)OC)C(C)C)C(C)C. The summed E-state index contributed by atoms with van der Waals surface area (Å²) in [5.41, 5.74) is 0.838. The van der Waals surface area contributed by atoms with Crippen LogP contribution in [-0.4, -0.2) is 197 Å². The molecule has 0 spiro atoms. The number of terminal acetylenes is 1. The van der Waals surface area contributed by atoms with Gasteiger partial charge in [-0.1, -0.05) is 85.2 Å². The van der Waals surface area contributed by atoms with Crippen LogP contribution in [0.2, 0.25) is 0 Å². The fourth-order valence-electron chi connectivity index (χ4n) is 9.77.